The molecule has 184 valence electrons. The van der Waals surface area contributed by atoms with Crippen molar-refractivity contribution in [2.45, 2.75) is 17.2 Å². The number of ketones is 1. The molecule has 0 fully saturated rings. The highest BCUT2D eigenvalue weighted by atomic mass is 32.2. The predicted molar refractivity (Wildman–Crippen MR) is 136 cm³/mol. The van der Waals surface area contributed by atoms with Gasteiger partial charge in [0.1, 0.15) is 17.2 Å². The molecule has 0 spiro atoms. The Balaban J connectivity index is 1.59. The summed E-state index contributed by atoms with van der Waals surface area (Å²) in [5, 5.41) is 0. The molecule has 0 aromatic heterocycles. The van der Waals surface area contributed by atoms with Crippen LogP contribution in [0, 0.1) is 0 Å². The van der Waals surface area contributed by atoms with Gasteiger partial charge in [0.2, 0.25) is 5.78 Å². The number of carbonyl (C=O) groups is 2. The maximum atomic E-state index is 13.4. The first-order valence-corrected chi connectivity index (χ1v) is 12.5. The first-order chi connectivity index (χ1) is 17.5. The molecular formula is C28H24O7S. The summed E-state index contributed by atoms with van der Waals surface area (Å²) in [4.78, 5) is 26.9. The number of Topliss-reactive ketones (excluding diaryl/α,β-unsaturated/α-hetero) is 1. The van der Waals surface area contributed by atoms with Gasteiger partial charge in [-0.3, -0.25) is 9.59 Å². The minimum Gasteiger partial charge on any atom is -0.496 e. The Kier molecular flexibility index (Phi) is 6.36. The molecule has 0 saturated carbocycles. The largest absolute Gasteiger partial charge is 0.496 e. The lowest BCUT2D eigenvalue weighted by Gasteiger charge is -2.26. The first-order valence-electron chi connectivity index (χ1n) is 11.2. The second kappa shape index (κ2) is 9.62. The van der Waals surface area contributed by atoms with Gasteiger partial charge in [-0.25, -0.2) is 0 Å². The Morgan fingerprint density at radius 3 is 2.25 bits per heavy atom. The van der Waals surface area contributed by atoms with E-state index >= 15 is 0 Å². The topological polar surface area (TPSA) is 80.3 Å². The highest BCUT2D eigenvalue weighted by Crippen LogP contribution is 2.49. The van der Waals surface area contributed by atoms with Gasteiger partial charge in [-0.1, -0.05) is 12.1 Å². The van der Waals surface area contributed by atoms with E-state index in [9.17, 15) is 9.59 Å². The third-order valence-electron chi connectivity index (χ3n) is 6.32. The van der Waals surface area contributed by atoms with Gasteiger partial charge in [-0.15, -0.1) is 11.8 Å². The molecule has 0 saturated heterocycles. The number of hydrogen-bond acceptors (Lipinski definition) is 8. The van der Waals surface area contributed by atoms with Gasteiger partial charge in [-0.2, -0.15) is 0 Å². The van der Waals surface area contributed by atoms with Crippen molar-refractivity contribution in [3.05, 3.63) is 76.5 Å². The molecular weight excluding hydrogens is 480 g/mol. The normalized spacial score (nSPS) is 17.2. The highest BCUT2D eigenvalue weighted by molar-refractivity contribution is 7.98. The molecule has 3 aromatic carbocycles. The summed E-state index contributed by atoms with van der Waals surface area (Å²) < 4.78 is 28.0. The number of allylic oxidation sites excluding steroid dienone is 1. The lowest BCUT2D eigenvalue weighted by molar-refractivity contribution is -0.135. The average Bonchev–Trinajstić information content (AvgIpc) is 3.22. The number of thioether (sulfide) groups is 1. The summed E-state index contributed by atoms with van der Waals surface area (Å²) in [6.45, 7) is 0. The third-order valence-corrected chi connectivity index (χ3v) is 7.06. The van der Waals surface area contributed by atoms with Crippen LogP contribution in [0.15, 0.2) is 59.2 Å². The van der Waals surface area contributed by atoms with E-state index in [0.717, 1.165) is 10.5 Å². The maximum absolute atomic E-state index is 13.4. The van der Waals surface area contributed by atoms with Gasteiger partial charge in [0.25, 0.3) is 0 Å². The molecule has 0 radical (unpaired) electrons. The number of benzene rings is 3. The minimum atomic E-state index is -0.323. The number of hydrogen-bond donors (Lipinski definition) is 0. The molecule has 1 unspecified atom stereocenters. The quantitative estimate of drug-likeness (QED) is 0.189. The summed E-state index contributed by atoms with van der Waals surface area (Å²) in [5.74, 6) is 1.56. The minimum absolute atomic E-state index is 0.136. The van der Waals surface area contributed by atoms with Crippen LogP contribution in [0.1, 0.15) is 39.4 Å². The fourth-order valence-corrected chi connectivity index (χ4v) is 4.94. The van der Waals surface area contributed by atoms with Gasteiger partial charge in [0, 0.05) is 28.0 Å². The molecule has 8 heteroatoms. The van der Waals surface area contributed by atoms with E-state index < -0.39 is 0 Å². The Hall–Kier alpha value is -3.91. The molecule has 0 bridgehead atoms. The lowest BCUT2D eigenvalue weighted by Crippen LogP contribution is -2.21. The molecule has 5 rings (SSSR count). The summed E-state index contributed by atoms with van der Waals surface area (Å²) in [7, 11) is 4.61. The number of carbonyl (C=O) groups excluding carboxylic acids is 2. The van der Waals surface area contributed by atoms with Gasteiger partial charge in [0.15, 0.2) is 17.3 Å². The summed E-state index contributed by atoms with van der Waals surface area (Å²) in [5.41, 5.74) is 2.66. The van der Waals surface area contributed by atoms with Crippen LogP contribution in [-0.4, -0.2) is 39.3 Å². The van der Waals surface area contributed by atoms with Crippen molar-refractivity contribution in [1.29, 1.82) is 0 Å². The van der Waals surface area contributed by atoms with Crippen LogP contribution in [0.5, 0.6) is 28.7 Å². The molecule has 1 atom stereocenters. The first kappa shape index (κ1) is 23.8. The summed E-state index contributed by atoms with van der Waals surface area (Å²) in [6, 6.07) is 14.7. The molecule has 2 heterocycles. The second-order valence-electron chi connectivity index (χ2n) is 8.25. The zero-order chi connectivity index (χ0) is 25.4. The lowest BCUT2D eigenvalue weighted by atomic mass is 9.85. The van der Waals surface area contributed by atoms with Crippen molar-refractivity contribution < 1.29 is 33.3 Å². The number of rotatable bonds is 6. The van der Waals surface area contributed by atoms with Crippen molar-refractivity contribution in [1.82, 2.24) is 0 Å². The van der Waals surface area contributed by atoms with Crippen LogP contribution in [0.4, 0.5) is 0 Å². The van der Waals surface area contributed by atoms with Crippen molar-refractivity contribution in [3.8, 4) is 28.7 Å². The number of ether oxygens (including phenoxy) is 5. The van der Waals surface area contributed by atoms with Gasteiger partial charge in [0.05, 0.1) is 33.3 Å². The van der Waals surface area contributed by atoms with Crippen LogP contribution >= 0.6 is 11.8 Å². The molecule has 36 heavy (non-hydrogen) atoms. The predicted octanol–water partition coefficient (Wildman–Crippen LogP) is 5.49. The van der Waals surface area contributed by atoms with Crippen LogP contribution in [0.25, 0.3) is 6.08 Å². The second-order valence-corrected chi connectivity index (χ2v) is 9.13. The SMILES string of the molecule is COc1cc(OC)c(OC)cc1C=C1Oc2c(ccc3c2C(c2ccc(SC)cc2)CC(=O)O3)C1=O. The van der Waals surface area contributed by atoms with E-state index in [2.05, 4.69) is 0 Å². The molecule has 3 aromatic rings. The standard InChI is InChI=1S/C28H24O7S/c1-31-21-14-23(33-3)22(32-2)11-16(21)12-24-27(30)18-9-10-20-26(28(18)35-24)19(13-25(29)34-20)15-5-7-17(36-4)8-6-15/h5-12,14,19H,13H2,1-4H3. The molecule has 0 N–H and O–H groups in total. The molecule has 2 aliphatic heterocycles. The Morgan fingerprint density at radius 1 is 0.889 bits per heavy atom. The van der Waals surface area contributed by atoms with Crippen LogP contribution in [0.3, 0.4) is 0 Å². The van der Waals surface area contributed by atoms with Gasteiger partial charge < -0.3 is 23.7 Å². The Labute approximate surface area is 213 Å². The van der Waals surface area contributed by atoms with Crippen LogP contribution < -0.4 is 23.7 Å². The Bertz CT molecular complexity index is 1390. The smallest absolute Gasteiger partial charge is 0.312 e. The monoisotopic (exact) mass is 504 g/mol. The zero-order valence-electron chi connectivity index (χ0n) is 20.2. The number of esters is 1. The van der Waals surface area contributed by atoms with Crippen molar-refractivity contribution in [3.63, 3.8) is 0 Å². The molecule has 7 nitrogen and oxygen atoms in total. The van der Waals surface area contributed by atoms with Gasteiger partial charge in [-0.05, 0) is 48.2 Å². The van der Waals surface area contributed by atoms with Crippen LogP contribution in [0.2, 0.25) is 0 Å². The summed E-state index contributed by atoms with van der Waals surface area (Å²) in [6.07, 6.45) is 3.78. The van der Waals surface area contributed by atoms with Crippen molar-refractivity contribution in [2.24, 2.45) is 0 Å². The van der Waals surface area contributed by atoms with Crippen LogP contribution in [-0.2, 0) is 4.79 Å². The van der Waals surface area contributed by atoms with E-state index in [4.69, 9.17) is 23.7 Å². The van der Waals surface area contributed by atoms with Crippen molar-refractivity contribution >= 4 is 29.6 Å². The average molecular weight is 505 g/mol. The van der Waals surface area contributed by atoms with E-state index in [1.54, 1.807) is 42.1 Å². The van der Waals surface area contributed by atoms with E-state index in [1.165, 1.54) is 21.3 Å². The summed E-state index contributed by atoms with van der Waals surface area (Å²) >= 11 is 1.64. The van der Waals surface area contributed by atoms with E-state index in [0.29, 0.717) is 45.4 Å². The molecule has 2 aliphatic rings. The molecule has 0 amide bonds. The van der Waals surface area contributed by atoms with Gasteiger partial charge >= 0.3 is 5.97 Å². The highest BCUT2D eigenvalue weighted by Gasteiger charge is 2.38. The fourth-order valence-electron chi connectivity index (χ4n) is 4.53. The third kappa shape index (κ3) is 4.07. The number of fused-ring (bicyclic) bond motifs is 3. The maximum Gasteiger partial charge on any atom is 0.312 e. The fraction of sp³-hybridized carbons (Fsp3) is 0.214. The zero-order valence-corrected chi connectivity index (χ0v) is 21.1. The molecule has 0 aliphatic carbocycles. The van der Waals surface area contributed by atoms with E-state index in [1.807, 2.05) is 30.5 Å². The van der Waals surface area contributed by atoms with Crippen molar-refractivity contribution in [2.75, 3.05) is 27.6 Å². The van der Waals surface area contributed by atoms with E-state index in [-0.39, 0.29) is 29.9 Å². The number of methoxy groups -OCH3 is 3. The Morgan fingerprint density at radius 2 is 1.58 bits per heavy atom.